The fraction of sp³-hybridized carbons (Fsp3) is 0.436. The van der Waals surface area contributed by atoms with Crippen molar-refractivity contribution in [1.82, 2.24) is 19.9 Å². The molecule has 0 radical (unpaired) electrons. The monoisotopic (exact) mass is 823 g/mol. The molecule has 58 heavy (non-hydrogen) atoms. The molecule has 2 aliphatic carbocycles. The maximum absolute atomic E-state index is 12.9. The summed E-state index contributed by atoms with van der Waals surface area (Å²) in [6.07, 6.45) is 7.85. The van der Waals surface area contributed by atoms with Gasteiger partial charge in [-0.1, -0.05) is 20.1 Å². The molecule has 0 amide bonds. The second-order valence-corrected chi connectivity index (χ2v) is 16.1. The van der Waals surface area contributed by atoms with Crippen LogP contribution in [-0.4, -0.2) is 91.7 Å². The Kier molecular flexibility index (Phi) is 14.5. The Morgan fingerprint density at radius 2 is 1.33 bits per heavy atom. The average molecular weight is 824 g/mol. The highest BCUT2D eigenvalue weighted by Crippen LogP contribution is 2.34. The Morgan fingerprint density at radius 3 is 1.76 bits per heavy atom. The van der Waals surface area contributed by atoms with Crippen molar-refractivity contribution in [3.63, 3.8) is 0 Å². The van der Waals surface area contributed by atoms with Gasteiger partial charge in [0.25, 0.3) is 0 Å². The number of hydrogen-bond acceptors (Lipinski definition) is 17. The van der Waals surface area contributed by atoms with E-state index in [4.69, 9.17) is 14.0 Å². The summed E-state index contributed by atoms with van der Waals surface area (Å²) in [5.41, 5.74) is 2.40. The molecule has 0 saturated heterocycles. The second-order valence-electron chi connectivity index (χ2n) is 14.9. The Balaban J connectivity index is 0.000000223. The predicted molar refractivity (Wildman–Crippen MR) is 209 cm³/mol. The fourth-order valence-electron chi connectivity index (χ4n) is 6.96. The topological polar surface area (TPSA) is 286 Å². The quantitative estimate of drug-likeness (QED) is 0.0629. The van der Waals surface area contributed by atoms with Crippen LogP contribution in [0, 0.1) is 17.8 Å². The van der Waals surface area contributed by atoms with Crippen LogP contribution in [0.2, 0.25) is 0 Å². The van der Waals surface area contributed by atoms with Crippen molar-refractivity contribution in [2.75, 3.05) is 23.8 Å². The molecule has 0 aliphatic heterocycles. The van der Waals surface area contributed by atoms with Gasteiger partial charge in [-0.15, -0.1) is 0 Å². The maximum atomic E-state index is 12.9. The van der Waals surface area contributed by atoms with Crippen LogP contribution in [0.25, 0.3) is 0 Å². The Morgan fingerprint density at radius 1 is 0.862 bits per heavy atom. The highest BCUT2D eigenvalue weighted by Gasteiger charge is 2.35. The van der Waals surface area contributed by atoms with E-state index in [1.165, 1.54) is 49.7 Å². The first-order valence-corrected chi connectivity index (χ1v) is 19.9. The lowest BCUT2D eigenvalue weighted by Gasteiger charge is -2.15. The lowest BCUT2D eigenvalue weighted by molar-refractivity contribution is 0.100. The van der Waals surface area contributed by atoms with Crippen LogP contribution in [0.1, 0.15) is 102 Å². The number of hydrogen-bond donors (Lipinski definition) is 7. The number of ketones is 2. The molecule has 0 aromatic carbocycles. The molecule has 8 N–H and O–H groups in total. The molecule has 2 saturated carbocycles. The zero-order chi connectivity index (χ0) is 42.3. The van der Waals surface area contributed by atoms with E-state index in [0.717, 1.165) is 12.8 Å². The van der Waals surface area contributed by atoms with E-state index >= 15 is 0 Å². The zero-order valence-electron chi connectivity index (χ0n) is 32.3. The third-order valence-corrected chi connectivity index (χ3v) is 10.7. The lowest BCUT2D eigenvalue weighted by Crippen LogP contribution is -2.24. The summed E-state index contributed by atoms with van der Waals surface area (Å²) in [6, 6.07) is 2.79. The molecular weight excluding hydrogens is 775 g/mol. The van der Waals surface area contributed by atoms with Crippen LogP contribution in [-0.2, 0) is 14.5 Å². The number of anilines is 2. The van der Waals surface area contributed by atoms with Crippen molar-refractivity contribution in [2.45, 2.75) is 76.9 Å². The zero-order valence-corrected chi connectivity index (χ0v) is 33.1. The first-order chi connectivity index (χ1) is 27.4. The van der Waals surface area contributed by atoms with Crippen molar-refractivity contribution in [1.29, 1.82) is 0 Å². The van der Waals surface area contributed by atoms with Gasteiger partial charge >= 0.3 is 10.3 Å². The van der Waals surface area contributed by atoms with Crippen LogP contribution in [0.4, 0.5) is 11.6 Å². The molecule has 2 aliphatic rings. The van der Waals surface area contributed by atoms with Crippen LogP contribution in [0.3, 0.4) is 0 Å². The minimum atomic E-state index is -4.10. The number of aromatic nitrogens is 4. The molecule has 19 heteroatoms. The molecule has 4 aromatic heterocycles. The number of nitrogens with one attached hydrogen (secondary N) is 2. The van der Waals surface area contributed by atoms with Gasteiger partial charge in [0.2, 0.25) is 11.6 Å². The molecule has 4 aromatic rings. The van der Waals surface area contributed by atoms with Crippen molar-refractivity contribution in [3.8, 4) is 0 Å². The number of nitrogens with two attached hydrogens (primary N) is 1. The Hall–Kier alpha value is -5.15. The summed E-state index contributed by atoms with van der Waals surface area (Å²) in [4.78, 5) is 42.0. The minimum absolute atomic E-state index is 0.000893. The maximum Gasteiger partial charge on any atom is 0.333 e. The number of carbonyl (C=O) groups is 2. The SMILES string of the molecule is C=C(C)C(O)c1coc(C(=O)c2cncnc2N[C@@H]2C[C@H](CO)[C@@H](C)C2)c1.C=C(C)C(O)c1coc(C(=O)c2cncnc2N[C@@H]2C[C@H](COS(N)(=O)=O)[C@@H](O)C2)c1. The van der Waals surface area contributed by atoms with Crippen LogP contribution in [0.15, 0.2) is 82.8 Å². The first kappa shape index (κ1) is 44.0. The molecule has 4 heterocycles. The van der Waals surface area contributed by atoms with Gasteiger partial charge in [-0.3, -0.25) is 13.8 Å². The number of aliphatic hydroxyl groups excluding tert-OH is 4. The predicted octanol–water partition coefficient (Wildman–Crippen LogP) is 3.41. The Bertz CT molecular complexity index is 2210. The summed E-state index contributed by atoms with van der Waals surface area (Å²) >= 11 is 0. The average Bonchev–Trinajstić information content (AvgIpc) is 4.00. The van der Waals surface area contributed by atoms with E-state index in [-0.39, 0.29) is 59.9 Å². The van der Waals surface area contributed by atoms with Crippen LogP contribution < -0.4 is 15.8 Å². The van der Waals surface area contributed by atoms with Gasteiger partial charge < -0.3 is 39.9 Å². The number of nitrogens with zero attached hydrogens (tertiary/aromatic N) is 4. The van der Waals surface area contributed by atoms with Crippen molar-refractivity contribution in [3.05, 3.63) is 108 Å². The third kappa shape index (κ3) is 11.1. The van der Waals surface area contributed by atoms with Crippen molar-refractivity contribution >= 4 is 33.5 Å². The third-order valence-electron chi connectivity index (χ3n) is 10.2. The smallest absolute Gasteiger partial charge is 0.333 e. The van der Waals surface area contributed by atoms with Gasteiger partial charge in [0.15, 0.2) is 11.5 Å². The second kappa shape index (κ2) is 19.1. The van der Waals surface area contributed by atoms with E-state index in [2.05, 4.69) is 54.8 Å². The van der Waals surface area contributed by atoms with Crippen molar-refractivity contribution < 1.29 is 51.5 Å². The van der Waals surface area contributed by atoms with E-state index in [9.17, 15) is 38.4 Å². The number of aliphatic hydroxyl groups is 4. The highest BCUT2D eigenvalue weighted by atomic mass is 32.2. The summed E-state index contributed by atoms with van der Waals surface area (Å²) in [7, 11) is -4.10. The van der Waals surface area contributed by atoms with E-state index in [0.29, 0.717) is 52.4 Å². The molecule has 312 valence electrons. The van der Waals surface area contributed by atoms with Gasteiger partial charge in [0.1, 0.15) is 36.5 Å². The van der Waals surface area contributed by atoms with Gasteiger partial charge in [0.05, 0.1) is 36.4 Å². The molecule has 2 unspecified atom stereocenters. The van der Waals surface area contributed by atoms with Gasteiger partial charge in [-0.25, -0.2) is 25.1 Å². The van der Waals surface area contributed by atoms with Crippen LogP contribution >= 0.6 is 0 Å². The molecule has 0 bridgehead atoms. The number of rotatable bonds is 16. The van der Waals surface area contributed by atoms with E-state index in [1.54, 1.807) is 13.8 Å². The number of furan rings is 2. The lowest BCUT2D eigenvalue weighted by atomic mass is 10.00. The molecule has 8 atom stereocenters. The molecule has 0 spiro atoms. The Labute approximate surface area is 335 Å². The van der Waals surface area contributed by atoms with Gasteiger partial charge in [-0.2, -0.15) is 8.42 Å². The van der Waals surface area contributed by atoms with Crippen LogP contribution in [0.5, 0.6) is 0 Å². The summed E-state index contributed by atoms with van der Waals surface area (Å²) in [6.45, 7) is 12.8. The highest BCUT2D eigenvalue weighted by molar-refractivity contribution is 7.84. The van der Waals surface area contributed by atoms with Gasteiger partial charge in [-0.05, 0) is 74.6 Å². The van der Waals surface area contributed by atoms with Gasteiger partial charge in [0, 0.05) is 48.1 Å². The van der Waals surface area contributed by atoms with E-state index < -0.39 is 40.3 Å². The molecule has 18 nitrogen and oxygen atoms in total. The summed E-state index contributed by atoms with van der Waals surface area (Å²) in [5, 5.41) is 51.0. The fourth-order valence-corrected chi connectivity index (χ4v) is 7.32. The number of carbonyl (C=O) groups excluding carboxylic acids is 2. The molecular formula is C39H49N7O11S. The first-order valence-electron chi connectivity index (χ1n) is 18.5. The minimum Gasteiger partial charge on any atom is -0.460 e. The standard InChI is InChI=1S/C20H25N3O4.C19H24N4O7S/c1-11(2)18(25)14-6-17(27-9-14)19(26)16-7-21-10-22-20(16)23-15-4-12(3)13(5-15)8-24;1-10(2)17(25)12-4-16(29-7-12)18(26)14-6-21-9-22-19(14)23-13-3-11(15(24)5-13)8-30-31(20,27)28/h6-7,9-10,12-13,15,18,24-25H,1,4-5,8H2,2-3H3,(H,21,22,23);4,6-7,9,11,13,15,17,24-25H,1,3,5,8H2,2H3,(H2,20,27,28)(H,21,22,23)/t12-,13+,15-,18?;11-,13-,15+,17?/m01/s1. The van der Waals surface area contributed by atoms with E-state index in [1.807, 2.05) is 0 Å². The van der Waals surface area contributed by atoms with Crippen molar-refractivity contribution in [2.24, 2.45) is 22.9 Å². The molecule has 6 rings (SSSR count). The molecule has 2 fully saturated rings. The summed E-state index contributed by atoms with van der Waals surface area (Å²) in [5.74, 6) is 0.152. The normalized spacial score (nSPS) is 22.7. The largest absolute Gasteiger partial charge is 0.460 e. The summed E-state index contributed by atoms with van der Waals surface area (Å²) < 4.78 is 37.2.